The molecule has 0 bridgehead atoms. The van der Waals surface area contributed by atoms with E-state index in [9.17, 15) is 18.4 Å². The highest BCUT2D eigenvalue weighted by Gasteiger charge is 2.16. The lowest BCUT2D eigenvalue weighted by atomic mass is 10.1. The molecular weight excluding hydrogens is 340 g/mol. The van der Waals surface area contributed by atoms with Gasteiger partial charge in [0.25, 0.3) is 5.91 Å². The second-order valence-electron chi connectivity index (χ2n) is 5.55. The molecule has 7 heteroatoms. The summed E-state index contributed by atoms with van der Waals surface area (Å²) in [5.74, 6) is -2.07. The average molecular weight is 361 g/mol. The van der Waals surface area contributed by atoms with Crippen LogP contribution in [0.4, 0.5) is 20.2 Å². The molecule has 0 spiro atoms. The molecule has 0 unspecified atom stereocenters. The third-order valence-corrected chi connectivity index (χ3v) is 3.85. The summed E-state index contributed by atoms with van der Waals surface area (Å²) in [6.07, 6.45) is 0. The predicted octanol–water partition coefficient (Wildman–Crippen LogP) is 3.50. The van der Waals surface area contributed by atoms with E-state index in [1.165, 1.54) is 0 Å². The number of para-hydroxylation sites is 1. The van der Waals surface area contributed by atoms with Crippen LogP contribution in [0.2, 0.25) is 0 Å². The van der Waals surface area contributed by atoms with Gasteiger partial charge in [0.15, 0.2) is 0 Å². The molecule has 2 rings (SSSR count). The number of hydrogen-bond donors (Lipinski definition) is 2. The summed E-state index contributed by atoms with van der Waals surface area (Å²) in [4.78, 5) is 26.2. The first-order valence-corrected chi connectivity index (χ1v) is 8.33. The van der Waals surface area contributed by atoms with Crippen molar-refractivity contribution in [1.82, 2.24) is 4.90 Å². The van der Waals surface area contributed by atoms with Crippen molar-refractivity contribution in [2.75, 3.05) is 30.3 Å². The van der Waals surface area contributed by atoms with E-state index in [-0.39, 0.29) is 18.1 Å². The number of rotatable bonds is 7. The minimum Gasteiger partial charge on any atom is -0.376 e. The van der Waals surface area contributed by atoms with Crippen LogP contribution in [0, 0.1) is 11.6 Å². The van der Waals surface area contributed by atoms with Gasteiger partial charge in [0.05, 0.1) is 17.8 Å². The van der Waals surface area contributed by atoms with Crippen molar-refractivity contribution in [3.05, 3.63) is 59.7 Å². The summed E-state index contributed by atoms with van der Waals surface area (Å²) >= 11 is 0. The zero-order valence-corrected chi connectivity index (χ0v) is 14.7. The minimum atomic E-state index is -0.725. The van der Waals surface area contributed by atoms with Gasteiger partial charge < -0.3 is 15.5 Å². The van der Waals surface area contributed by atoms with Crippen LogP contribution < -0.4 is 10.6 Å². The zero-order chi connectivity index (χ0) is 19.1. The summed E-state index contributed by atoms with van der Waals surface area (Å²) in [5, 5.41) is 5.18. The van der Waals surface area contributed by atoms with Crippen molar-refractivity contribution in [2.45, 2.75) is 13.8 Å². The van der Waals surface area contributed by atoms with E-state index in [0.717, 1.165) is 18.2 Å². The largest absolute Gasteiger partial charge is 0.376 e. The first-order chi connectivity index (χ1) is 12.5. The first-order valence-electron chi connectivity index (χ1n) is 8.33. The maximum atomic E-state index is 13.6. The molecule has 0 fully saturated rings. The molecule has 0 aromatic heterocycles. The highest BCUT2D eigenvalue weighted by Crippen LogP contribution is 2.18. The highest BCUT2D eigenvalue weighted by atomic mass is 19.1. The van der Waals surface area contributed by atoms with Crippen LogP contribution in [0.3, 0.4) is 0 Å². The summed E-state index contributed by atoms with van der Waals surface area (Å²) in [6, 6.07) is 9.66. The Kier molecular flexibility index (Phi) is 6.66. The third-order valence-electron chi connectivity index (χ3n) is 3.85. The van der Waals surface area contributed by atoms with Gasteiger partial charge in [0.1, 0.15) is 11.6 Å². The molecule has 0 aliphatic carbocycles. The predicted molar refractivity (Wildman–Crippen MR) is 97.2 cm³/mol. The van der Waals surface area contributed by atoms with E-state index in [0.29, 0.717) is 24.3 Å². The van der Waals surface area contributed by atoms with Crippen molar-refractivity contribution in [1.29, 1.82) is 0 Å². The number of carbonyl (C=O) groups excluding carboxylic acids is 2. The number of hydrogen-bond acceptors (Lipinski definition) is 3. The number of halogens is 2. The molecule has 0 aliphatic heterocycles. The number of nitrogens with one attached hydrogen (secondary N) is 2. The second kappa shape index (κ2) is 8.94. The van der Waals surface area contributed by atoms with Crippen LogP contribution in [0.5, 0.6) is 0 Å². The minimum absolute atomic E-state index is 0.144. The van der Waals surface area contributed by atoms with Crippen molar-refractivity contribution in [3.63, 3.8) is 0 Å². The Morgan fingerprint density at radius 1 is 1.00 bits per heavy atom. The third kappa shape index (κ3) is 4.78. The van der Waals surface area contributed by atoms with Crippen LogP contribution >= 0.6 is 0 Å². The molecule has 2 amide bonds. The van der Waals surface area contributed by atoms with E-state index < -0.39 is 17.5 Å². The maximum Gasteiger partial charge on any atom is 0.255 e. The second-order valence-corrected chi connectivity index (χ2v) is 5.55. The van der Waals surface area contributed by atoms with Gasteiger partial charge >= 0.3 is 0 Å². The Bertz CT molecular complexity index is 792. The van der Waals surface area contributed by atoms with Crippen LogP contribution in [0.25, 0.3) is 0 Å². The van der Waals surface area contributed by atoms with Gasteiger partial charge in [-0.15, -0.1) is 0 Å². The maximum absolute atomic E-state index is 13.6. The number of amides is 2. The lowest BCUT2D eigenvalue weighted by Gasteiger charge is -2.20. The van der Waals surface area contributed by atoms with E-state index in [1.807, 2.05) is 13.8 Å². The van der Waals surface area contributed by atoms with Gasteiger partial charge in [-0.2, -0.15) is 0 Å². The molecule has 5 nitrogen and oxygen atoms in total. The topological polar surface area (TPSA) is 61.4 Å². The molecule has 2 aromatic rings. The van der Waals surface area contributed by atoms with Gasteiger partial charge in [-0.05, 0) is 38.1 Å². The Labute approximate surface area is 151 Å². The fraction of sp³-hybridized carbons (Fsp3) is 0.263. The Morgan fingerprint density at radius 3 is 2.38 bits per heavy atom. The van der Waals surface area contributed by atoms with Crippen LogP contribution in [0.1, 0.15) is 24.2 Å². The van der Waals surface area contributed by atoms with E-state index >= 15 is 0 Å². The smallest absolute Gasteiger partial charge is 0.255 e. The standard InChI is InChI=1S/C19H21F2N3O2/c1-3-24(4-2)19(26)14-7-5-6-8-16(14)22-12-18(25)23-17-11-13(20)9-10-15(17)21/h5-11,22H,3-4,12H2,1-2H3,(H,23,25). The van der Waals surface area contributed by atoms with E-state index in [1.54, 1.807) is 29.2 Å². The molecule has 0 saturated heterocycles. The van der Waals surface area contributed by atoms with Crippen molar-refractivity contribution < 1.29 is 18.4 Å². The molecule has 2 N–H and O–H groups in total. The molecule has 26 heavy (non-hydrogen) atoms. The lowest BCUT2D eigenvalue weighted by Crippen LogP contribution is -2.31. The summed E-state index contributed by atoms with van der Waals surface area (Å²) in [5.41, 5.74) is 0.713. The highest BCUT2D eigenvalue weighted by molar-refractivity contribution is 6.01. The van der Waals surface area contributed by atoms with Gasteiger partial charge in [0, 0.05) is 24.8 Å². The molecular formula is C19H21F2N3O2. The number of benzene rings is 2. The average Bonchev–Trinajstić information content (AvgIpc) is 2.64. The quantitative estimate of drug-likeness (QED) is 0.794. The van der Waals surface area contributed by atoms with E-state index in [4.69, 9.17) is 0 Å². The molecule has 2 aromatic carbocycles. The Hall–Kier alpha value is -2.96. The van der Waals surface area contributed by atoms with Gasteiger partial charge in [-0.1, -0.05) is 12.1 Å². The fourth-order valence-electron chi connectivity index (χ4n) is 2.47. The van der Waals surface area contributed by atoms with Gasteiger partial charge in [-0.3, -0.25) is 9.59 Å². The molecule has 138 valence electrons. The molecule has 0 heterocycles. The molecule has 0 radical (unpaired) electrons. The van der Waals surface area contributed by atoms with E-state index in [2.05, 4.69) is 10.6 Å². The van der Waals surface area contributed by atoms with Crippen molar-refractivity contribution in [2.24, 2.45) is 0 Å². The van der Waals surface area contributed by atoms with Crippen LogP contribution in [0.15, 0.2) is 42.5 Å². The summed E-state index contributed by atoms with van der Waals surface area (Å²) in [6.45, 7) is 4.72. The SMILES string of the molecule is CCN(CC)C(=O)c1ccccc1NCC(=O)Nc1cc(F)ccc1F. The van der Waals surface area contributed by atoms with Crippen molar-refractivity contribution in [3.8, 4) is 0 Å². The van der Waals surface area contributed by atoms with Crippen LogP contribution in [-0.4, -0.2) is 36.3 Å². The fourth-order valence-corrected chi connectivity index (χ4v) is 2.47. The number of carbonyl (C=O) groups is 2. The molecule has 0 saturated carbocycles. The molecule has 0 aliphatic rings. The Balaban J connectivity index is 2.06. The normalized spacial score (nSPS) is 10.3. The first kappa shape index (κ1) is 19.4. The number of nitrogens with zero attached hydrogens (tertiary/aromatic N) is 1. The molecule has 0 atom stereocenters. The van der Waals surface area contributed by atoms with Crippen molar-refractivity contribution >= 4 is 23.2 Å². The van der Waals surface area contributed by atoms with Crippen LogP contribution in [-0.2, 0) is 4.79 Å². The van der Waals surface area contributed by atoms with Gasteiger partial charge in [-0.25, -0.2) is 8.78 Å². The lowest BCUT2D eigenvalue weighted by molar-refractivity contribution is -0.114. The summed E-state index contributed by atoms with van der Waals surface area (Å²) in [7, 11) is 0. The number of anilines is 2. The van der Waals surface area contributed by atoms with Gasteiger partial charge in [0.2, 0.25) is 5.91 Å². The Morgan fingerprint density at radius 2 is 1.69 bits per heavy atom. The monoisotopic (exact) mass is 361 g/mol. The summed E-state index contributed by atoms with van der Waals surface area (Å²) < 4.78 is 26.7. The zero-order valence-electron chi connectivity index (χ0n) is 14.7.